The van der Waals surface area contributed by atoms with E-state index in [1.54, 1.807) is 11.3 Å². The third kappa shape index (κ3) is 2.16. The first kappa shape index (κ1) is 11.7. The Morgan fingerprint density at radius 2 is 2.06 bits per heavy atom. The van der Waals surface area contributed by atoms with Crippen LogP contribution in [0, 0.1) is 13.8 Å². The Morgan fingerprint density at radius 3 is 2.62 bits per heavy atom. The number of halogens is 1. The van der Waals surface area contributed by atoms with Crippen LogP contribution in [0.2, 0.25) is 0 Å². The molecule has 3 nitrogen and oxygen atoms in total. The van der Waals surface area contributed by atoms with E-state index in [4.69, 9.17) is 5.73 Å². The minimum Gasteiger partial charge on any atom is -0.325 e. The number of aromatic nitrogens is 2. The zero-order valence-electron chi connectivity index (χ0n) is 9.12. The molecule has 0 saturated heterocycles. The van der Waals surface area contributed by atoms with Gasteiger partial charge in [0.15, 0.2) is 5.82 Å². The lowest BCUT2D eigenvalue weighted by molar-refractivity contribution is 0.927. The van der Waals surface area contributed by atoms with Crippen LogP contribution < -0.4 is 5.73 Å². The number of thiophene rings is 1. The van der Waals surface area contributed by atoms with Gasteiger partial charge in [0.2, 0.25) is 0 Å². The van der Waals surface area contributed by atoms with Crippen molar-refractivity contribution in [1.29, 1.82) is 0 Å². The Balaban J connectivity index is 2.54. The summed E-state index contributed by atoms with van der Waals surface area (Å²) in [6.07, 6.45) is 0. The lowest BCUT2D eigenvalue weighted by Gasteiger charge is -2.07. The summed E-state index contributed by atoms with van der Waals surface area (Å²) in [4.78, 5) is 10.0. The van der Waals surface area contributed by atoms with E-state index in [1.165, 1.54) is 0 Å². The van der Waals surface area contributed by atoms with Gasteiger partial charge in [0.25, 0.3) is 0 Å². The van der Waals surface area contributed by atoms with Gasteiger partial charge >= 0.3 is 0 Å². The normalized spacial score (nSPS) is 10.8. The number of aryl methyl sites for hydroxylation is 1. The molecule has 84 valence electrons. The fourth-order valence-electron chi connectivity index (χ4n) is 1.43. The van der Waals surface area contributed by atoms with Crippen molar-refractivity contribution in [2.24, 2.45) is 5.73 Å². The highest BCUT2D eigenvalue weighted by Gasteiger charge is 2.10. The molecule has 0 bridgehead atoms. The first-order chi connectivity index (χ1) is 7.61. The summed E-state index contributed by atoms with van der Waals surface area (Å²) in [6, 6.07) is 4.01. The van der Waals surface area contributed by atoms with Gasteiger partial charge in [-0.2, -0.15) is 0 Å². The van der Waals surface area contributed by atoms with Crippen LogP contribution in [0.15, 0.2) is 15.9 Å². The fraction of sp³-hybridized carbons (Fsp3) is 0.273. The molecule has 2 N–H and O–H groups in total. The van der Waals surface area contributed by atoms with Crippen LogP contribution in [0.3, 0.4) is 0 Å². The molecule has 0 aromatic carbocycles. The Kier molecular flexibility index (Phi) is 3.37. The van der Waals surface area contributed by atoms with E-state index >= 15 is 0 Å². The number of nitrogens with two attached hydrogens (primary N) is 1. The van der Waals surface area contributed by atoms with Crippen LogP contribution in [-0.2, 0) is 6.54 Å². The predicted octanol–water partition coefficient (Wildman–Crippen LogP) is 3.04. The van der Waals surface area contributed by atoms with Gasteiger partial charge in [-0.05, 0) is 47.5 Å². The number of hydrogen-bond donors (Lipinski definition) is 1. The standard InChI is InChI=1S/C11H12BrN3S/c1-6-7(2)14-11(15-8(6)5-13)9-3-4-10(12)16-9/h3-4H,5,13H2,1-2H3. The number of nitrogens with zero attached hydrogens (tertiary/aromatic N) is 2. The maximum Gasteiger partial charge on any atom is 0.169 e. The fourth-order valence-corrected chi connectivity index (χ4v) is 2.75. The van der Waals surface area contributed by atoms with E-state index in [1.807, 2.05) is 26.0 Å². The summed E-state index contributed by atoms with van der Waals surface area (Å²) in [7, 11) is 0. The van der Waals surface area contributed by atoms with E-state index in [0.717, 1.165) is 31.4 Å². The summed E-state index contributed by atoms with van der Waals surface area (Å²) in [6.45, 7) is 4.45. The Bertz CT molecular complexity index is 522. The van der Waals surface area contributed by atoms with E-state index in [9.17, 15) is 0 Å². The van der Waals surface area contributed by atoms with Crippen LogP contribution in [-0.4, -0.2) is 9.97 Å². The lowest BCUT2D eigenvalue weighted by atomic mass is 10.2. The van der Waals surface area contributed by atoms with Crippen LogP contribution >= 0.6 is 27.3 Å². The van der Waals surface area contributed by atoms with Crippen LogP contribution in [0.5, 0.6) is 0 Å². The molecule has 0 atom stereocenters. The highest BCUT2D eigenvalue weighted by Crippen LogP contribution is 2.29. The van der Waals surface area contributed by atoms with Gasteiger partial charge in [-0.15, -0.1) is 11.3 Å². The molecular weight excluding hydrogens is 286 g/mol. The third-order valence-corrected chi connectivity index (χ3v) is 4.10. The number of hydrogen-bond acceptors (Lipinski definition) is 4. The Hall–Kier alpha value is -0.780. The van der Waals surface area contributed by atoms with Gasteiger partial charge in [0.1, 0.15) is 0 Å². The van der Waals surface area contributed by atoms with E-state index in [2.05, 4.69) is 25.9 Å². The van der Waals surface area contributed by atoms with Crippen LogP contribution in [0.1, 0.15) is 17.0 Å². The maximum atomic E-state index is 5.68. The van der Waals surface area contributed by atoms with Gasteiger partial charge in [-0.25, -0.2) is 9.97 Å². The molecule has 0 aliphatic rings. The molecule has 0 radical (unpaired) electrons. The molecule has 2 heterocycles. The Morgan fingerprint density at radius 1 is 1.31 bits per heavy atom. The molecule has 0 aliphatic carbocycles. The van der Waals surface area contributed by atoms with Crippen molar-refractivity contribution < 1.29 is 0 Å². The minimum atomic E-state index is 0.453. The van der Waals surface area contributed by atoms with Crippen molar-refractivity contribution in [3.8, 4) is 10.7 Å². The second-order valence-electron chi connectivity index (χ2n) is 3.51. The second kappa shape index (κ2) is 4.61. The molecule has 0 fully saturated rings. The summed E-state index contributed by atoms with van der Waals surface area (Å²) in [5.74, 6) is 0.763. The molecule has 0 spiro atoms. The first-order valence-corrected chi connectivity index (χ1v) is 6.52. The average molecular weight is 298 g/mol. The number of rotatable bonds is 2. The van der Waals surface area contributed by atoms with Crippen molar-refractivity contribution in [2.75, 3.05) is 0 Å². The van der Waals surface area contributed by atoms with Crippen molar-refractivity contribution in [2.45, 2.75) is 20.4 Å². The summed E-state index contributed by atoms with van der Waals surface area (Å²) < 4.78 is 1.08. The summed E-state index contributed by atoms with van der Waals surface area (Å²) >= 11 is 5.06. The zero-order valence-corrected chi connectivity index (χ0v) is 11.5. The van der Waals surface area contributed by atoms with Crippen molar-refractivity contribution in [3.63, 3.8) is 0 Å². The highest BCUT2D eigenvalue weighted by atomic mass is 79.9. The molecule has 5 heteroatoms. The summed E-state index contributed by atoms with van der Waals surface area (Å²) in [5, 5.41) is 0. The van der Waals surface area contributed by atoms with Crippen LogP contribution in [0.4, 0.5) is 0 Å². The van der Waals surface area contributed by atoms with Gasteiger partial charge in [0.05, 0.1) is 14.4 Å². The molecular formula is C11H12BrN3S. The predicted molar refractivity (Wildman–Crippen MR) is 70.4 cm³/mol. The molecule has 0 aliphatic heterocycles. The van der Waals surface area contributed by atoms with Crippen LogP contribution in [0.25, 0.3) is 10.7 Å². The highest BCUT2D eigenvalue weighted by molar-refractivity contribution is 9.11. The molecule has 2 aromatic rings. The lowest BCUT2D eigenvalue weighted by Crippen LogP contribution is -2.06. The molecule has 0 saturated carbocycles. The van der Waals surface area contributed by atoms with Crippen molar-refractivity contribution in [1.82, 2.24) is 9.97 Å². The van der Waals surface area contributed by atoms with E-state index < -0.39 is 0 Å². The topological polar surface area (TPSA) is 51.8 Å². The van der Waals surface area contributed by atoms with Gasteiger partial charge in [-0.1, -0.05) is 0 Å². The molecule has 16 heavy (non-hydrogen) atoms. The zero-order chi connectivity index (χ0) is 11.7. The SMILES string of the molecule is Cc1nc(-c2ccc(Br)s2)nc(CN)c1C. The van der Waals surface area contributed by atoms with Crippen molar-refractivity contribution >= 4 is 27.3 Å². The van der Waals surface area contributed by atoms with Crippen molar-refractivity contribution in [3.05, 3.63) is 32.9 Å². The molecule has 2 aromatic heterocycles. The first-order valence-electron chi connectivity index (χ1n) is 4.91. The second-order valence-corrected chi connectivity index (χ2v) is 5.98. The smallest absolute Gasteiger partial charge is 0.169 e. The van der Waals surface area contributed by atoms with Gasteiger partial charge < -0.3 is 5.73 Å². The third-order valence-electron chi connectivity index (χ3n) is 2.48. The molecule has 2 rings (SSSR count). The summed E-state index contributed by atoms with van der Waals surface area (Å²) in [5.41, 5.74) is 8.68. The van der Waals surface area contributed by atoms with Gasteiger partial charge in [-0.3, -0.25) is 0 Å². The monoisotopic (exact) mass is 297 g/mol. The van der Waals surface area contributed by atoms with Gasteiger partial charge in [0, 0.05) is 12.2 Å². The molecule has 0 unspecified atom stereocenters. The van der Waals surface area contributed by atoms with E-state index in [-0.39, 0.29) is 0 Å². The minimum absolute atomic E-state index is 0.453. The quantitative estimate of drug-likeness (QED) is 0.927. The largest absolute Gasteiger partial charge is 0.325 e. The average Bonchev–Trinajstić information content (AvgIpc) is 2.69. The van der Waals surface area contributed by atoms with E-state index in [0.29, 0.717) is 6.54 Å². The Labute approximate surface area is 107 Å². The molecule has 0 amide bonds. The maximum absolute atomic E-state index is 5.68.